The quantitative estimate of drug-likeness (QED) is 0.846. The molecule has 1 aliphatic carbocycles. The highest BCUT2D eigenvalue weighted by Gasteiger charge is 2.36. The van der Waals surface area contributed by atoms with Gasteiger partial charge in [-0.05, 0) is 26.2 Å². The Morgan fingerprint density at radius 1 is 1.35 bits per heavy atom. The van der Waals surface area contributed by atoms with E-state index in [0.29, 0.717) is 11.8 Å². The Morgan fingerprint density at radius 2 is 2.12 bits per heavy atom. The third-order valence-corrected chi connectivity index (χ3v) is 3.31. The highest BCUT2D eigenvalue weighted by Crippen LogP contribution is 2.34. The van der Waals surface area contributed by atoms with Gasteiger partial charge in [0.2, 0.25) is 11.8 Å². The highest BCUT2D eigenvalue weighted by atomic mass is 16.5. The molecule has 1 saturated carbocycles. The van der Waals surface area contributed by atoms with Gasteiger partial charge in [0.1, 0.15) is 0 Å². The van der Waals surface area contributed by atoms with E-state index < -0.39 is 0 Å². The predicted molar refractivity (Wildman–Crippen MR) is 65.4 cm³/mol. The average Bonchev–Trinajstić information content (AvgIpc) is 2.27. The number of ether oxygens (including phenoxy) is 2. The molecule has 0 aliphatic heterocycles. The van der Waals surface area contributed by atoms with Crippen LogP contribution in [0.4, 0.5) is 5.95 Å². The molecule has 0 unspecified atom stereocenters. The summed E-state index contributed by atoms with van der Waals surface area (Å²) in [6, 6.07) is 1.81. The van der Waals surface area contributed by atoms with E-state index in [1.807, 2.05) is 6.92 Å². The second-order valence-electron chi connectivity index (χ2n) is 4.47. The van der Waals surface area contributed by atoms with Crippen molar-refractivity contribution in [2.24, 2.45) is 0 Å². The maximum absolute atomic E-state index is 5.53. The van der Waals surface area contributed by atoms with Crippen LogP contribution in [0.3, 0.4) is 0 Å². The van der Waals surface area contributed by atoms with Gasteiger partial charge in [0, 0.05) is 25.4 Å². The molecule has 0 atom stereocenters. The van der Waals surface area contributed by atoms with Crippen LogP contribution in [0.25, 0.3) is 0 Å². The van der Waals surface area contributed by atoms with Crippen LogP contribution in [0.5, 0.6) is 5.88 Å². The highest BCUT2D eigenvalue weighted by molar-refractivity contribution is 5.31. The van der Waals surface area contributed by atoms with E-state index in [4.69, 9.17) is 9.47 Å². The van der Waals surface area contributed by atoms with Crippen molar-refractivity contribution in [2.75, 3.05) is 26.1 Å². The van der Waals surface area contributed by atoms with E-state index in [0.717, 1.165) is 25.1 Å². The van der Waals surface area contributed by atoms with Crippen LogP contribution in [-0.2, 0) is 4.74 Å². The molecule has 1 aromatic heterocycles. The van der Waals surface area contributed by atoms with Crippen molar-refractivity contribution in [2.45, 2.75) is 31.8 Å². The van der Waals surface area contributed by atoms with Gasteiger partial charge in [-0.1, -0.05) is 0 Å². The zero-order valence-corrected chi connectivity index (χ0v) is 10.6. The minimum Gasteiger partial charge on any atom is -0.481 e. The smallest absolute Gasteiger partial charge is 0.226 e. The molecule has 0 radical (unpaired) electrons. The molecule has 2 rings (SSSR count). The fraction of sp³-hybridized carbons (Fsp3) is 0.667. The molecule has 0 aromatic carbocycles. The van der Waals surface area contributed by atoms with Crippen LogP contribution in [0.15, 0.2) is 6.07 Å². The standard InChI is InChI=1S/C12H19N3O2/c1-9-7-10(16-2)15-11(14-9)13-8-12(17-3)5-4-6-12/h7H,4-6,8H2,1-3H3,(H,13,14,15). The second kappa shape index (κ2) is 4.87. The number of nitrogens with one attached hydrogen (secondary N) is 1. The molecule has 1 fully saturated rings. The maximum atomic E-state index is 5.53. The molecular weight excluding hydrogens is 218 g/mol. The second-order valence-corrected chi connectivity index (χ2v) is 4.47. The van der Waals surface area contributed by atoms with Crippen molar-refractivity contribution in [3.05, 3.63) is 11.8 Å². The lowest BCUT2D eigenvalue weighted by Gasteiger charge is -2.40. The molecule has 17 heavy (non-hydrogen) atoms. The lowest BCUT2D eigenvalue weighted by molar-refractivity contribution is -0.0602. The molecule has 0 saturated heterocycles. The predicted octanol–water partition coefficient (Wildman–Crippen LogP) is 1.77. The third-order valence-electron chi connectivity index (χ3n) is 3.31. The van der Waals surface area contributed by atoms with Gasteiger partial charge >= 0.3 is 0 Å². The molecule has 0 amide bonds. The summed E-state index contributed by atoms with van der Waals surface area (Å²) in [4.78, 5) is 8.57. The van der Waals surface area contributed by atoms with Gasteiger partial charge in [0.15, 0.2) is 0 Å². The van der Waals surface area contributed by atoms with Gasteiger partial charge in [-0.2, -0.15) is 4.98 Å². The molecule has 1 heterocycles. The summed E-state index contributed by atoms with van der Waals surface area (Å²) in [5.74, 6) is 1.19. The van der Waals surface area contributed by atoms with E-state index in [1.165, 1.54) is 6.42 Å². The number of nitrogens with zero attached hydrogens (tertiary/aromatic N) is 2. The summed E-state index contributed by atoms with van der Waals surface area (Å²) >= 11 is 0. The van der Waals surface area contributed by atoms with Crippen LogP contribution < -0.4 is 10.1 Å². The zero-order chi connectivity index (χ0) is 12.3. The SMILES string of the molecule is COc1cc(C)nc(NCC2(OC)CCC2)n1. The molecule has 0 bridgehead atoms. The summed E-state index contributed by atoms with van der Waals surface area (Å²) in [5.41, 5.74) is 0.861. The first-order valence-corrected chi connectivity index (χ1v) is 5.86. The zero-order valence-electron chi connectivity index (χ0n) is 10.6. The van der Waals surface area contributed by atoms with E-state index in [9.17, 15) is 0 Å². The Labute approximate surface area is 102 Å². The largest absolute Gasteiger partial charge is 0.481 e. The first-order valence-electron chi connectivity index (χ1n) is 5.86. The molecule has 1 N–H and O–H groups in total. The minimum absolute atomic E-state index is 0.0274. The van der Waals surface area contributed by atoms with Gasteiger partial charge in [-0.3, -0.25) is 0 Å². The van der Waals surface area contributed by atoms with Gasteiger partial charge < -0.3 is 14.8 Å². The van der Waals surface area contributed by atoms with Crippen molar-refractivity contribution in [3.8, 4) is 5.88 Å². The number of aryl methyl sites for hydroxylation is 1. The van der Waals surface area contributed by atoms with Crippen molar-refractivity contribution < 1.29 is 9.47 Å². The topological polar surface area (TPSA) is 56.3 Å². The summed E-state index contributed by atoms with van der Waals surface area (Å²) in [6.45, 7) is 2.67. The molecule has 0 spiro atoms. The van der Waals surface area contributed by atoms with E-state index in [-0.39, 0.29) is 5.60 Å². The number of hydrogen-bond acceptors (Lipinski definition) is 5. The van der Waals surface area contributed by atoms with Crippen molar-refractivity contribution in [1.29, 1.82) is 0 Å². The summed E-state index contributed by atoms with van der Waals surface area (Å²) in [5, 5.41) is 3.23. The van der Waals surface area contributed by atoms with Crippen molar-refractivity contribution in [1.82, 2.24) is 9.97 Å². The lowest BCUT2D eigenvalue weighted by Crippen LogP contribution is -2.45. The van der Waals surface area contributed by atoms with Crippen molar-refractivity contribution >= 4 is 5.95 Å². The van der Waals surface area contributed by atoms with E-state index >= 15 is 0 Å². The normalized spacial score (nSPS) is 17.4. The summed E-state index contributed by atoms with van der Waals surface area (Å²) < 4.78 is 10.6. The molecule has 1 aromatic rings. The third kappa shape index (κ3) is 2.66. The lowest BCUT2D eigenvalue weighted by atomic mass is 9.80. The number of anilines is 1. The van der Waals surface area contributed by atoms with Crippen LogP contribution >= 0.6 is 0 Å². The number of methoxy groups -OCH3 is 2. The van der Waals surface area contributed by atoms with Gasteiger partial charge in [0.05, 0.1) is 12.7 Å². The molecule has 5 heteroatoms. The fourth-order valence-corrected chi connectivity index (χ4v) is 1.99. The summed E-state index contributed by atoms with van der Waals surface area (Å²) in [7, 11) is 3.37. The van der Waals surface area contributed by atoms with Crippen molar-refractivity contribution in [3.63, 3.8) is 0 Å². The Balaban J connectivity index is 2.01. The fourth-order valence-electron chi connectivity index (χ4n) is 1.99. The minimum atomic E-state index is -0.0274. The molecular formula is C12H19N3O2. The van der Waals surface area contributed by atoms with Gasteiger partial charge in [0.25, 0.3) is 0 Å². The molecule has 94 valence electrons. The van der Waals surface area contributed by atoms with Crippen LogP contribution in [0.2, 0.25) is 0 Å². The van der Waals surface area contributed by atoms with Crippen LogP contribution in [-0.4, -0.2) is 36.3 Å². The first kappa shape index (κ1) is 12.1. The number of aromatic nitrogens is 2. The number of hydrogen-bond donors (Lipinski definition) is 1. The number of rotatable bonds is 5. The average molecular weight is 237 g/mol. The summed E-state index contributed by atoms with van der Waals surface area (Å²) in [6.07, 6.45) is 3.42. The Hall–Kier alpha value is -1.36. The van der Waals surface area contributed by atoms with Gasteiger partial charge in [-0.25, -0.2) is 4.98 Å². The monoisotopic (exact) mass is 237 g/mol. The Kier molecular flexibility index (Phi) is 3.47. The van der Waals surface area contributed by atoms with Crippen LogP contribution in [0, 0.1) is 6.92 Å². The Morgan fingerprint density at radius 3 is 2.65 bits per heavy atom. The molecule has 1 aliphatic rings. The first-order chi connectivity index (χ1) is 8.17. The molecule has 5 nitrogen and oxygen atoms in total. The van der Waals surface area contributed by atoms with E-state index in [2.05, 4.69) is 15.3 Å². The van der Waals surface area contributed by atoms with Gasteiger partial charge in [-0.15, -0.1) is 0 Å². The maximum Gasteiger partial charge on any atom is 0.226 e. The van der Waals surface area contributed by atoms with E-state index in [1.54, 1.807) is 20.3 Å². The Bertz CT molecular complexity index is 386. The van der Waals surface area contributed by atoms with Crippen LogP contribution in [0.1, 0.15) is 25.0 Å².